The third-order valence-electron chi connectivity index (χ3n) is 2.24. The molecule has 0 heterocycles. The highest BCUT2D eigenvalue weighted by Gasteiger charge is 2.07. The van der Waals surface area contributed by atoms with Gasteiger partial charge >= 0.3 is 0 Å². The summed E-state index contributed by atoms with van der Waals surface area (Å²) in [4.78, 5) is 0. The minimum Gasteiger partial charge on any atom is -0.488 e. The Morgan fingerprint density at radius 3 is 2.40 bits per heavy atom. The lowest BCUT2D eigenvalue weighted by molar-refractivity contribution is -0.122. The molecule has 0 bridgehead atoms. The van der Waals surface area contributed by atoms with Gasteiger partial charge in [-0.15, -0.1) is 0 Å². The third-order valence-corrected chi connectivity index (χ3v) is 2.24. The highest BCUT2D eigenvalue weighted by atomic mass is 16.7. The number of hydrogen-bond acceptors (Lipinski definition) is 3. The molecular formula is C12H18O3. The van der Waals surface area contributed by atoms with Crippen molar-refractivity contribution < 1.29 is 14.2 Å². The maximum absolute atomic E-state index is 5.61. The van der Waals surface area contributed by atoms with Crippen molar-refractivity contribution in [3.63, 3.8) is 0 Å². The molecule has 84 valence electrons. The van der Waals surface area contributed by atoms with Gasteiger partial charge in [-0.25, -0.2) is 0 Å². The van der Waals surface area contributed by atoms with Crippen LogP contribution in [0.3, 0.4) is 0 Å². The van der Waals surface area contributed by atoms with E-state index in [1.54, 1.807) is 14.2 Å². The Kier molecular flexibility index (Phi) is 4.59. The predicted molar refractivity (Wildman–Crippen MR) is 59.2 cm³/mol. The number of aryl methyl sites for hydroxylation is 2. The average Bonchev–Trinajstić information content (AvgIpc) is 2.24. The quantitative estimate of drug-likeness (QED) is 0.698. The van der Waals surface area contributed by atoms with E-state index < -0.39 is 0 Å². The SMILES string of the molecule is COC(COc1cc(C)ccc1C)OC. The standard InChI is InChI=1S/C12H18O3/c1-9-5-6-10(2)11(7-9)15-8-12(13-3)14-4/h5-7,12H,8H2,1-4H3. The molecule has 0 spiro atoms. The second-order valence-corrected chi connectivity index (χ2v) is 3.48. The minimum atomic E-state index is -0.315. The van der Waals surface area contributed by atoms with E-state index in [0.717, 1.165) is 11.3 Å². The van der Waals surface area contributed by atoms with Gasteiger partial charge in [0, 0.05) is 14.2 Å². The summed E-state index contributed by atoms with van der Waals surface area (Å²) in [6, 6.07) is 6.11. The zero-order chi connectivity index (χ0) is 11.3. The summed E-state index contributed by atoms with van der Waals surface area (Å²) in [5.74, 6) is 0.883. The second-order valence-electron chi connectivity index (χ2n) is 3.48. The highest BCUT2D eigenvalue weighted by Crippen LogP contribution is 2.19. The zero-order valence-corrected chi connectivity index (χ0v) is 9.74. The molecule has 0 aliphatic rings. The first-order valence-corrected chi connectivity index (χ1v) is 4.93. The molecule has 1 aromatic rings. The van der Waals surface area contributed by atoms with Crippen LogP contribution in [0.25, 0.3) is 0 Å². The normalized spacial score (nSPS) is 10.7. The first kappa shape index (κ1) is 12.0. The molecule has 0 saturated heterocycles. The molecule has 1 aromatic carbocycles. The summed E-state index contributed by atoms with van der Waals surface area (Å²) in [6.45, 7) is 4.46. The molecule has 0 fully saturated rings. The predicted octanol–water partition coefficient (Wildman–Crippen LogP) is 2.30. The van der Waals surface area contributed by atoms with Gasteiger partial charge in [0.05, 0.1) is 0 Å². The van der Waals surface area contributed by atoms with Gasteiger partial charge in [0.2, 0.25) is 0 Å². The van der Waals surface area contributed by atoms with Crippen molar-refractivity contribution >= 4 is 0 Å². The van der Waals surface area contributed by atoms with Crippen LogP contribution in [0.2, 0.25) is 0 Å². The van der Waals surface area contributed by atoms with Crippen LogP contribution in [-0.4, -0.2) is 27.1 Å². The fourth-order valence-electron chi connectivity index (χ4n) is 1.25. The van der Waals surface area contributed by atoms with E-state index in [-0.39, 0.29) is 6.29 Å². The lowest BCUT2D eigenvalue weighted by atomic mass is 10.1. The van der Waals surface area contributed by atoms with Gasteiger partial charge in [-0.3, -0.25) is 0 Å². The Hall–Kier alpha value is -1.06. The number of rotatable bonds is 5. The lowest BCUT2D eigenvalue weighted by Gasteiger charge is -2.15. The van der Waals surface area contributed by atoms with Crippen molar-refractivity contribution in [2.45, 2.75) is 20.1 Å². The first-order valence-electron chi connectivity index (χ1n) is 4.93. The zero-order valence-electron chi connectivity index (χ0n) is 9.74. The molecule has 0 unspecified atom stereocenters. The van der Waals surface area contributed by atoms with E-state index in [1.165, 1.54) is 5.56 Å². The summed E-state index contributed by atoms with van der Waals surface area (Å²) in [6.07, 6.45) is -0.315. The first-order chi connectivity index (χ1) is 7.17. The third kappa shape index (κ3) is 3.53. The van der Waals surface area contributed by atoms with Crippen LogP contribution in [0.4, 0.5) is 0 Å². The maximum Gasteiger partial charge on any atom is 0.191 e. The molecule has 3 nitrogen and oxygen atoms in total. The van der Waals surface area contributed by atoms with Crippen molar-refractivity contribution in [1.29, 1.82) is 0 Å². The molecule has 0 radical (unpaired) electrons. The number of methoxy groups -OCH3 is 2. The molecule has 0 amide bonds. The number of benzene rings is 1. The Bertz CT molecular complexity index is 306. The maximum atomic E-state index is 5.61. The lowest BCUT2D eigenvalue weighted by Crippen LogP contribution is -2.22. The van der Waals surface area contributed by atoms with Crippen LogP contribution in [0, 0.1) is 13.8 Å². The van der Waals surface area contributed by atoms with Crippen molar-refractivity contribution in [2.75, 3.05) is 20.8 Å². The van der Waals surface area contributed by atoms with Crippen LogP contribution >= 0.6 is 0 Å². The smallest absolute Gasteiger partial charge is 0.191 e. The second kappa shape index (κ2) is 5.73. The van der Waals surface area contributed by atoms with E-state index in [9.17, 15) is 0 Å². The number of ether oxygens (including phenoxy) is 3. The van der Waals surface area contributed by atoms with Gasteiger partial charge in [0.1, 0.15) is 12.4 Å². The van der Waals surface area contributed by atoms with Crippen molar-refractivity contribution in [3.8, 4) is 5.75 Å². The largest absolute Gasteiger partial charge is 0.488 e. The molecule has 0 aromatic heterocycles. The van der Waals surface area contributed by atoms with Crippen molar-refractivity contribution in [2.24, 2.45) is 0 Å². The van der Waals surface area contributed by atoms with Gasteiger partial charge in [-0.05, 0) is 31.0 Å². The molecule has 0 atom stereocenters. The van der Waals surface area contributed by atoms with Gasteiger partial charge < -0.3 is 14.2 Å². The summed E-state index contributed by atoms with van der Waals surface area (Å²) >= 11 is 0. The van der Waals surface area contributed by atoms with E-state index in [1.807, 2.05) is 26.0 Å². The van der Waals surface area contributed by atoms with Crippen LogP contribution in [0.15, 0.2) is 18.2 Å². The number of hydrogen-bond donors (Lipinski definition) is 0. The molecule has 15 heavy (non-hydrogen) atoms. The van der Waals surface area contributed by atoms with E-state index >= 15 is 0 Å². The summed E-state index contributed by atoms with van der Waals surface area (Å²) < 4.78 is 15.7. The van der Waals surface area contributed by atoms with E-state index in [0.29, 0.717) is 6.61 Å². The van der Waals surface area contributed by atoms with Crippen LogP contribution in [0.5, 0.6) is 5.75 Å². The van der Waals surface area contributed by atoms with Crippen molar-refractivity contribution in [1.82, 2.24) is 0 Å². The van der Waals surface area contributed by atoms with Gasteiger partial charge in [0.15, 0.2) is 6.29 Å². The molecule has 0 N–H and O–H groups in total. The minimum absolute atomic E-state index is 0.315. The van der Waals surface area contributed by atoms with E-state index in [4.69, 9.17) is 14.2 Å². The molecular weight excluding hydrogens is 192 g/mol. The van der Waals surface area contributed by atoms with Crippen molar-refractivity contribution in [3.05, 3.63) is 29.3 Å². The van der Waals surface area contributed by atoms with Crippen LogP contribution < -0.4 is 4.74 Å². The Morgan fingerprint density at radius 2 is 1.80 bits per heavy atom. The topological polar surface area (TPSA) is 27.7 Å². The molecule has 0 saturated carbocycles. The van der Waals surface area contributed by atoms with Gasteiger partial charge in [-0.2, -0.15) is 0 Å². The van der Waals surface area contributed by atoms with E-state index in [2.05, 4.69) is 6.07 Å². The molecule has 0 aliphatic carbocycles. The summed E-state index contributed by atoms with van der Waals surface area (Å²) in [7, 11) is 3.20. The van der Waals surface area contributed by atoms with Crippen LogP contribution in [0.1, 0.15) is 11.1 Å². The molecule has 3 heteroatoms. The monoisotopic (exact) mass is 210 g/mol. The fourth-order valence-corrected chi connectivity index (χ4v) is 1.25. The molecule has 1 rings (SSSR count). The van der Waals surface area contributed by atoms with Gasteiger partial charge in [0.25, 0.3) is 0 Å². The Balaban J connectivity index is 2.60. The Morgan fingerprint density at radius 1 is 1.13 bits per heavy atom. The summed E-state index contributed by atoms with van der Waals surface area (Å²) in [5.41, 5.74) is 2.30. The Labute approximate surface area is 91.0 Å². The van der Waals surface area contributed by atoms with Crippen LogP contribution in [-0.2, 0) is 9.47 Å². The van der Waals surface area contributed by atoms with Gasteiger partial charge in [-0.1, -0.05) is 12.1 Å². The highest BCUT2D eigenvalue weighted by molar-refractivity contribution is 5.35. The summed E-state index contributed by atoms with van der Waals surface area (Å²) in [5, 5.41) is 0. The molecule has 0 aliphatic heterocycles. The fraction of sp³-hybridized carbons (Fsp3) is 0.500. The average molecular weight is 210 g/mol.